The Morgan fingerprint density at radius 3 is 2.50 bits per heavy atom. The standard InChI is InChI=1S/C11H12ClNO3/c1-6(12)11(14)7-4-9-10(5-8(7)13)16-3-2-15-9/h4-6H,2-3,13H2,1H3. The quantitative estimate of drug-likeness (QED) is 0.488. The Labute approximate surface area is 98.3 Å². The van der Waals surface area contributed by atoms with E-state index in [0.717, 1.165) is 0 Å². The number of anilines is 1. The molecule has 1 atom stereocenters. The molecule has 1 heterocycles. The fourth-order valence-electron chi connectivity index (χ4n) is 1.53. The van der Waals surface area contributed by atoms with Crippen molar-refractivity contribution in [2.45, 2.75) is 12.3 Å². The number of Topliss-reactive ketones (excluding diaryl/α,β-unsaturated/α-hetero) is 1. The number of hydrogen-bond acceptors (Lipinski definition) is 4. The normalized spacial score (nSPS) is 15.6. The molecule has 2 N–H and O–H groups in total. The molecule has 1 aromatic carbocycles. The summed E-state index contributed by atoms with van der Waals surface area (Å²) in [5, 5.41) is -0.607. The van der Waals surface area contributed by atoms with Gasteiger partial charge in [-0.15, -0.1) is 11.6 Å². The molecule has 0 fully saturated rings. The van der Waals surface area contributed by atoms with Gasteiger partial charge in [-0.05, 0) is 13.0 Å². The molecule has 4 nitrogen and oxygen atoms in total. The molecule has 0 amide bonds. The molecule has 1 aromatic rings. The van der Waals surface area contributed by atoms with E-state index in [1.807, 2.05) is 0 Å². The topological polar surface area (TPSA) is 61.6 Å². The lowest BCUT2D eigenvalue weighted by Gasteiger charge is -2.20. The molecule has 1 unspecified atom stereocenters. The van der Waals surface area contributed by atoms with Gasteiger partial charge in [0.1, 0.15) is 13.2 Å². The van der Waals surface area contributed by atoms with Crippen LogP contribution in [0.15, 0.2) is 12.1 Å². The van der Waals surface area contributed by atoms with Crippen LogP contribution in [0.4, 0.5) is 5.69 Å². The highest BCUT2D eigenvalue weighted by Crippen LogP contribution is 2.35. The van der Waals surface area contributed by atoms with Crippen molar-refractivity contribution in [2.75, 3.05) is 18.9 Å². The number of alkyl halides is 1. The molecule has 0 saturated carbocycles. The van der Waals surface area contributed by atoms with Crippen LogP contribution in [0.25, 0.3) is 0 Å². The summed E-state index contributed by atoms with van der Waals surface area (Å²) < 4.78 is 10.7. The molecule has 0 bridgehead atoms. The lowest BCUT2D eigenvalue weighted by molar-refractivity contribution is 0.0991. The van der Waals surface area contributed by atoms with E-state index in [0.29, 0.717) is 36.0 Å². The van der Waals surface area contributed by atoms with Crippen LogP contribution in [0.1, 0.15) is 17.3 Å². The number of carbonyl (C=O) groups is 1. The molecular weight excluding hydrogens is 230 g/mol. The van der Waals surface area contributed by atoms with E-state index in [2.05, 4.69) is 0 Å². The van der Waals surface area contributed by atoms with Crippen molar-refractivity contribution in [1.29, 1.82) is 0 Å². The van der Waals surface area contributed by atoms with Crippen LogP contribution in [-0.2, 0) is 0 Å². The number of hydrogen-bond donors (Lipinski definition) is 1. The molecule has 0 saturated heterocycles. The van der Waals surface area contributed by atoms with Crippen molar-refractivity contribution < 1.29 is 14.3 Å². The Hall–Kier alpha value is -1.42. The van der Waals surface area contributed by atoms with Gasteiger partial charge in [-0.3, -0.25) is 4.79 Å². The maximum Gasteiger partial charge on any atom is 0.182 e. The first-order chi connectivity index (χ1) is 7.59. The highest BCUT2D eigenvalue weighted by Gasteiger charge is 2.20. The van der Waals surface area contributed by atoms with E-state index in [9.17, 15) is 4.79 Å². The third-order valence-electron chi connectivity index (χ3n) is 2.34. The molecule has 2 rings (SSSR count). The van der Waals surface area contributed by atoms with E-state index < -0.39 is 5.38 Å². The van der Waals surface area contributed by atoms with Gasteiger partial charge in [0, 0.05) is 17.3 Å². The minimum Gasteiger partial charge on any atom is -0.486 e. The van der Waals surface area contributed by atoms with E-state index >= 15 is 0 Å². The van der Waals surface area contributed by atoms with Crippen LogP contribution >= 0.6 is 11.6 Å². The predicted octanol–water partition coefficient (Wildman–Crippen LogP) is 1.85. The Morgan fingerprint density at radius 1 is 1.38 bits per heavy atom. The SMILES string of the molecule is CC(Cl)C(=O)c1cc2c(cc1N)OCCO2. The maximum atomic E-state index is 11.7. The zero-order valence-electron chi connectivity index (χ0n) is 8.83. The van der Waals surface area contributed by atoms with Gasteiger partial charge in [-0.25, -0.2) is 0 Å². The summed E-state index contributed by atoms with van der Waals surface area (Å²) in [5.41, 5.74) is 6.51. The fraction of sp³-hybridized carbons (Fsp3) is 0.364. The molecule has 0 aliphatic carbocycles. The summed E-state index contributed by atoms with van der Waals surface area (Å²) >= 11 is 5.74. The van der Waals surface area contributed by atoms with E-state index in [4.69, 9.17) is 26.8 Å². The number of ketones is 1. The Balaban J connectivity index is 2.43. The number of nitrogens with two attached hydrogens (primary N) is 1. The number of carbonyl (C=O) groups excluding carboxylic acids is 1. The minimum absolute atomic E-state index is 0.212. The third-order valence-corrected chi connectivity index (χ3v) is 2.54. The van der Waals surface area contributed by atoms with Crippen LogP contribution in [0.2, 0.25) is 0 Å². The van der Waals surface area contributed by atoms with Gasteiger partial charge in [0.05, 0.1) is 5.38 Å². The van der Waals surface area contributed by atoms with Gasteiger partial charge in [0.25, 0.3) is 0 Å². The van der Waals surface area contributed by atoms with Crippen molar-refractivity contribution in [1.82, 2.24) is 0 Å². The van der Waals surface area contributed by atoms with Crippen molar-refractivity contribution in [2.24, 2.45) is 0 Å². The number of benzene rings is 1. The van der Waals surface area contributed by atoms with Crippen LogP contribution in [-0.4, -0.2) is 24.4 Å². The summed E-state index contributed by atoms with van der Waals surface area (Å²) in [6.07, 6.45) is 0. The second-order valence-electron chi connectivity index (χ2n) is 3.56. The monoisotopic (exact) mass is 241 g/mol. The van der Waals surface area contributed by atoms with Crippen LogP contribution < -0.4 is 15.2 Å². The van der Waals surface area contributed by atoms with Gasteiger partial charge in [-0.1, -0.05) is 0 Å². The van der Waals surface area contributed by atoms with Gasteiger partial charge in [-0.2, -0.15) is 0 Å². The smallest absolute Gasteiger partial charge is 0.182 e. The average molecular weight is 242 g/mol. The van der Waals surface area contributed by atoms with Crippen molar-refractivity contribution in [3.05, 3.63) is 17.7 Å². The highest BCUT2D eigenvalue weighted by molar-refractivity contribution is 6.34. The van der Waals surface area contributed by atoms with Gasteiger partial charge in [0.2, 0.25) is 0 Å². The second kappa shape index (κ2) is 4.22. The minimum atomic E-state index is -0.607. The Morgan fingerprint density at radius 2 is 1.94 bits per heavy atom. The van der Waals surface area contributed by atoms with Crippen molar-refractivity contribution in [3.63, 3.8) is 0 Å². The summed E-state index contributed by atoms with van der Waals surface area (Å²) in [4.78, 5) is 11.7. The molecular formula is C11H12ClNO3. The predicted molar refractivity (Wildman–Crippen MR) is 61.5 cm³/mol. The summed E-state index contributed by atoms with van der Waals surface area (Å²) in [5.74, 6) is 0.903. The van der Waals surface area contributed by atoms with E-state index in [1.165, 1.54) is 0 Å². The fourth-order valence-corrected chi connectivity index (χ4v) is 1.65. The summed E-state index contributed by atoms with van der Waals surface area (Å²) in [7, 11) is 0. The Bertz CT molecular complexity index is 431. The van der Waals surface area contributed by atoms with Crippen LogP contribution in [0.3, 0.4) is 0 Å². The van der Waals surface area contributed by atoms with Gasteiger partial charge < -0.3 is 15.2 Å². The molecule has 0 aromatic heterocycles. The van der Waals surface area contributed by atoms with Gasteiger partial charge in [0.15, 0.2) is 17.3 Å². The number of rotatable bonds is 2. The third kappa shape index (κ3) is 1.93. The van der Waals surface area contributed by atoms with E-state index in [-0.39, 0.29) is 5.78 Å². The van der Waals surface area contributed by atoms with Crippen molar-refractivity contribution >= 4 is 23.1 Å². The lowest BCUT2D eigenvalue weighted by atomic mass is 10.1. The molecule has 1 aliphatic rings. The first-order valence-corrected chi connectivity index (χ1v) is 5.40. The maximum absolute atomic E-state index is 11.7. The number of fused-ring (bicyclic) bond motifs is 1. The lowest BCUT2D eigenvalue weighted by Crippen LogP contribution is -2.18. The van der Waals surface area contributed by atoms with Crippen LogP contribution in [0, 0.1) is 0 Å². The first-order valence-electron chi connectivity index (χ1n) is 4.97. The van der Waals surface area contributed by atoms with Gasteiger partial charge >= 0.3 is 0 Å². The summed E-state index contributed by atoms with van der Waals surface area (Å²) in [6.45, 7) is 2.58. The number of ether oxygens (including phenoxy) is 2. The zero-order valence-corrected chi connectivity index (χ0v) is 9.58. The average Bonchev–Trinajstić information content (AvgIpc) is 2.27. The molecule has 1 aliphatic heterocycles. The zero-order chi connectivity index (χ0) is 11.7. The molecule has 16 heavy (non-hydrogen) atoms. The first kappa shape index (κ1) is 11.1. The summed E-state index contributed by atoms with van der Waals surface area (Å²) in [6, 6.07) is 3.19. The molecule has 0 spiro atoms. The largest absolute Gasteiger partial charge is 0.486 e. The Kier molecular flexibility index (Phi) is 2.92. The number of halogens is 1. The van der Waals surface area contributed by atoms with Crippen LogP contribution in [0.5, 0.6) is 11.5 Å². The van der Waals surface area contributed by atoms with Crippen molar-refractivity contribution in [3.8, 4) is 11.5 Å². The second-order valence-corrected chi connectivity index (χ2v) is 4.22. The number of nitrogen functional groups attached to an aromatic ring is 1. The van der Waals surface area contributed by atoms with E-state index in [1.54, 1.807) is 19.1 Å². The molecule has 5 heteroatoms. The molecule has 0 radical (unpaired) electrons. The highest BCUT2D eigenvalue weighted by atomic mass is 35.5. The molecule has 86 valence electrons.